The first-order valence-electron chi connectivity index (χ1n) is 5.71. The van der Waals surface area contributed by atoms with Gasteiger partial charge < -0.3 is 10.0 Å². The zero-order valence-electron chi connectivity index (χ0n) is 9.50. The maximum atomic E-state index is 11.6. The summed E-state index contributed by atoms with van der Waals surface area (Å²) in [6, 6.07) is 10.0. The standard InChI is InChI=1S/C13H15NO3/c15-12(8-13(16)17)14-7-6-11(9-14)10-4-2-1-3-5-10/h1-5,11H,6-9H2,(H,16,17). The molecule has 1 aliphatic rings. The quantitative estimate of drug-likeness (QED) is 0.804. The Morgan fingerprint density at radius 3 is 2.65 bits per heavy atom. The number of rotatable bonds is 3. The maximum Gasteiger partial charge on any atom is 0.312 e. The molecule has 1 aliphatic heterocycles. The van der Waals surface area contributed by atoms with Crippen LogP contribution in [0.15, 0.2) is 30.3 Å². The highest BCUT2D eigenvalue weighted by atomic mass is 16.4. The van der Waals surface area contributed by atoms with Crippen LogP contribution in [0.2, 0.25) is 0 Å². The van der Waals surface area contributed by atoms with Crippen LogP contribution < -0.4 is 0 Å². The second-order valence-corrected chi connectivity index (χ2v) is 4.31. The third-order valence-electron chi connectivity index (χ3n) is 3.11. The first-order valence-corrected chi connectivity index (χ1v) is 5.71. The van der Waals surface area contributed by atoms with Gasteiger partial charge in [-0.3, -0.25) is 9.59 Å². The van der Waals surface area contributed by atoms with Crippen LogP contribution in [0.3, 0.4) is 0 Å². The van der Waals surface area contributed by atoms with E-state index >= 15 is 0 Å². The molecule has 1 saturated heterocycles. The van der Waals surface area contributed by atoms with Crippen molar-refractivity contribution in [2.45, 2.75) is 18.8 Å². The molecular formula is C13H15NO3. The number of aliphatic carboxylic acids is 1. The second-order valence-electron chi connectivity index (χ2n) is 4.31. The fourth-order valence-electron chi connectivity index (χ4n) is 2.23. The topological polar surface area (TPSA) is 57.6 Å². The Bertz CT molecular complexity index is 416. The Hall–Kier alpha value is -1.84. The van der Waals surface area contributed by atoms with E-state index in [0.717, 1.165) is 6.42 Å². The van der Waals surface area contributed by atoms with E-state index in [1.54, 1.807) is 4.90 Å². The van der Waals surface area contributed by atoms with Gasteiger partial charge in [0.15, 0.2) is 0 Å². The lowest BCUT2D eigenvalue weighted by molar-refractivity contribution is -0.143. The van der Waals surface area contributed by atoms with Gasteiger partial charge in [-0.15, -0.1) is 0 Å². The van der Waals surface area contributed by atoms with Crippen molar-refractivity contribution in [3.63, 3.8) is 0 Å². The van der Waals surface area contributed by atoms with Gasteiger partial charge in [-0.25, -0.2) is 0 Å². The van der Waals surface area contributed by atoms with Crippen LogP contribution in [0.4, 0.5) is 0 Å². The van der Waals surface area contributed by atoms with Crippen LogP contribution in [0.5, 0.6) is 0 Å². The van der Waals surface area contributed by atoms with Crippen LogP contribution in [-0.4, -0.2) is 35.0 Å². The predicted octanol–water partition coefficient (Wildman–Crippen LogP) is 1.48. The molecule has 0 aliphatic carbocycles. The van der Waals surface area contributed by atoms with Gasteiger partial charge in [-0.2, -0.15) is 0 Å². The number of carboxylic acids is 1. The average molecular weight is 233 g/mol. The molecule has 1 N–H and O–H groups in total. The summed E-state index contributed by atoms with van der Waals surface area (Å²) in [5.41, 5.74) is 1.22. The lowest BCUT2D eigenvalue weighted by Crippen LogP contribution is -2.30. The van der Waals surface area contributed by atoms with Crippen LogP contribution in [0, 0.1) is 0 Å². The lowest BCUT2D eigenvalue weighted by Gasteiger charge is -2.15. The number of amides is 1. The molecule has 0 spiro atoms. The number of benzene rings is 1. The van der Waals surface area contributed by atoms with Gasteiger partial charge in [0.2, 0.25) is 5.91 Å². The summed E-state index contributed by atoms with van der Waals surface area (Å²) in [6.45, 7) is 1.29. The van der Waals surface area contributed by atoms with Gasteiger partial charge in [-0.05, 0) is 12.0 Å². The number of carbonyl (C=O) groups excluding carboxylic acids is 1. The molecule has 1 heterocycles. The molecule has 0 aromatic heterocycles. The van der Waals surface area contributed by atoms with Gasteiger partial charge in [0.1, 0.15) is 6.42 Å². The first kappa shape index (κ1) is 11.6. The number of carboxylic acid groups (broad SMARTS) is 1. The van der Waals surface area contributed by atoms with Crippen molar-refractivity contribution in [3.8, 4) is 0 Å². The van der Waals surface area contributed by atoms with Gasteiger partial charge in [0.05, 0.1) is 0 Å². The summed E-state index contributed by atoms with van der Waals surface area (Å²) < 4.78 is 0. The molecule has 1 atom stereocenters. The zero-order chi connectivity index (χ0) is 12.3. The Labute approximate surface area is 99.9 Å². The minimum Gasteiger partial charge on any atom is -0.481 e. The van der Waals surface area contributed by atoms with Crippen molar-refractivity contribution in [2.24, 2.45) is 0 Å². The third-order valence-corrected chi connectivity index (χ3v) is 3.11. The summed E-state index contributed by atoms with van der Waals surface area (Å²) in [6.07, 6.45) is 0.511. The number of hydrogen-bond donors (Lipinski definition) is 1. The van der Waals surface area contributed by atoms with E-state index in [2.05, 4.69) is 12.1 Å². The van der Waals surface area contributed by atoms with Gasteiger partial charge in [-0.1, -0.05) is 30.3 Å². The van der Waals surface area contributed by atoms with Gasteiger partial charge >= 0.3 is 5.97 Å². The van der Waals surface area contributed by atoms with E-state index in [1.165, 1.54) is 5.56 Å². The van der Waals surface area contributed by atoms with Gasteiger partial charge in [0, 0.05) is 19.0 Å². The summed E-state index contributed by atoms with van der Waals surface area (Å²) in [5, 5.41) is 8.58. The van der Waals surface area contributed by atoms with Crippen LogP contribution in [0.25, 0.3) is 0 Å². The smallest absolute Gasteiger partial charge is 0.312 e. The minimum atomic E-state index is -1.06. The molecule has 4 heteroatoms. The summed E-state index contributed by atoms with van der Waals surface area (Å²) >= 11 is 0. The van der Waals surface area contributed by atoms with Crippen molar-refractivity contribution in [2.75, 3.05) is 13.1 Å². The molecule has 1 unspecified atom stereocenters. The first-order chi connectivity index (χ1) is 8.16. The maximum absolute atomic E-state index is 11.6. The highest BCUT2D eigenvalue weighted by Crippen LogP contribution is 2.27. The molecule has 17 heavy (non-hydrogen) atoms. The number of carbonyl (C=O) groups is 2. The Morgan fingerprint density at radius 1 is 1.29 bits per heavy atom. The molecule has 4 nitrogen and oxygen atoms in total. The molecular weight excluding hydrogens is 218 g/mol. The largest absolute Gasteiger partial charge is 0.481 e. The molecule has 0 saturated carbocycles. The summed E-state index contributed by atoms with van der Waals surface area (Å²) in [5.74, 6) is -0.997. The van der Waals surface area contributed by atoms with Crippen molar-refractivity contribution in [1.29, 1.82) is 0 Å². The molecule has 1 aromatic carbocycles. The predicted molar refractivity (Wildman–Crippen MR) is 62.6 cm³/mol. The Kier molecular flexibility index (Phi) is 3.42. The summed E-state index contributed by atoms with van der Waals surface area (Å²) in [4.78, 5) is 23.7. The van der Waals surface area contributed by atoms with Crippen molar-refractivity contribution in [3.05, 3.63) is 35.9 Å². The van der Waals surface area contributed by atoms with Crippen molar-refractivity contribution < 1.29 is 14.7 Å². The fraction of sp³-hybridized carbons (Fsp3) is 0.385. The van der Waals surface area contributed by atoms with E-state index in [-0.39, 0.29) is 5.91 Å². The normalized spacial score (nSPS) is 19.3. The molecule has 0 radical (unpaired) electrons. The third kappa shape index (κ3) is 2.84. The van der Waals surface area contributed by atoms with Crippen molar-refractivity contribution >= 4 is 11.9 Å². The van der Waals surface area contributed by atoms with Crippen LogP contribution in [0.1, 0.15) is 24.3 Å². The highest BCUT2D eigenvalue weighted by molar-refractivity contribution is 5.93. The molecule has 1 aromatic rings. The van der Waals surface area contributed by atoms with E-state index in [0.29, 0.717) is 19.0 Å². The average Bonchev–Trinajstić information content (AvgIpc) is 2.78. The number of likely N-dealkylation sites (tertiary alicyclic amines) is 1. The summed E-state index contributed by atoms with van der Waals surface area (Å²) in [7, 11) is 0. The van der Waals surface area contributed by atoms with Crippen LogP contribution >= 0.6 is 0 Å². The minimum absolute atomic E-state index is 0.282. The number of hydrogen-bond acceptors (Lipinski definition) is 2. The SMILES string of the molecule is O=C(O)CC(=O)N1CCC(c2ccccc2)C1. The molecule has 90 valence electrons. The molecule has 1 amide bonds. The van der Waals surface area contributed by atoms with E-state index < -0.39 is 12.4 Å². The second kappa shape index (κ2) is 4.99. The van der Waals surface area contributed by atoms with Gasteiger partial charge in [0.25, 0.3) is 0 Å². The zero-order valence-corrected chi connectivity index (χ0v) is 9.50. The number of nitrogens with zero attached hydrogens (tertiary/aromatic N) is 1. The molecule has 0 bridgehead atoms. The highest BCUT2D eigenvalue weighted by Gasteiger charge is 2.27. The monoisotopic (exact) mass is 233 g/mol. The fourth-order valence-corrected chi connectivity index (χ4v) is 2.23. The molecule has 2 rings (SSSR count). The molecule has 1 fully saturated rings. The Morgan fingerprint density at radius 2 is 2.00 bits per heavy atom. The van der Waals surface area contributed by atoms with E-state index in [1.807, 2.05) is 18.2 Å². The van der Waals surface area contributed by atoms with E-state index in [4.69, 9.17) is 5.11 Å². The van der Waals surface area contributed by atoms with E-state index in [9.17, 15) is 9.59 Å². The lowest BCUT2D eigenvalue weighted by atomic mass is 9.99. The Balaban J connectivity index is 1.96. The van der Waals surface area contributed by atoms with Crippen molar-refractivity contribution in [1.82, 2.24) is 4.90 Å². The van der Waals surface area contributed by atoms with Crippen LogP contribution in [-0.2, 0) is 9.59 Å².